The average Bonchev–Trinajstić information content (AvgIpc) is 2.82. The molecule has 0 radical (unpaired) electrons. The Kier molecular flexibility index (Phi) is 4.38. The van der Waals surface area contributed by atoms with Crippen molar-refractivity contribution in [2.75, 3.05) is 13.2 Å². The number of halogens is 4. The maximum absolute atomic E-state index is 12.5. The molecule has 2 heterocycles. The van der Waals surface area contributed by atoms with Crippen molar-refractivity contribution in [3.05, 3.63) is 27.4 Å². The van der Waals surface area contributed by atoms with Gasteiger partial charge in [-0.1, -0.05) is 23.2 Å². The molecule has 8 heteroatoms. The number of alkyl halides is 2. The van der Waals surface area contributed by atoms with Gasteiger partial charge in [0.15, 0.2) is 0 Å². The molecule has 2 N–H and O–H groups in total. The Morgan fingerprint density at radius 2 is 2.17 bits per heavy atom. The third-order valence-electron chi connectivity index (χ3n) is 3.92. The van der Waals surface area contributed by atoms with Crippen LogP contribution >= 0.6 is 23.2 Å². The van der Waals surface area contributed by atoms with Crippen LogP contribution in [0.4, 0.5) is 8.78 Å². The second-order valence-electron chi connectivity index (χ2n) is 5.40. The summed E-state index contributed by atoms with van der Waals surface area (Å²) in [5.74, 6) is -0.378. The van der Waals surface area contributed by atoms with E-state index in [0.717, 1.165) is 11.3 Å². The van der Waals surface area contributed by atoms with Gasteiger partial charge in [0, 0.05) is 30.1 Å². The van der Waals surface area contributed by atoms with E-state index in [1.54, 1.807) is 6.92 Å². The molecule has 1 unspecified atom stereocenters. The van der Waals surface area contributed by atoms with Gasteiger partial charge in [-0.3, -0.25) is 4.79 Å². The van der Waals surface area contributed by atoms with E-state index in [4.69, 9.17) is 27.9 Å². The highest BCUT2D eigenvalue weighted by atomic mass is 35.5. The average molecular weight is 363 g/mol. The fourth-order valence-corrected chi connectivity index (χ4v) is 3.28. The number of hydrogen-bond acceptors (Lipinski definition) is 2. The zero-order valence-electron chi connectivity index (χ0n) is 12.2. The predicted octanol–water partition coefficient (Wildman–Crippen LogP) is 3.89. The maximum Gasteiger partial charge on any atom is 0.272 e. The van der Waals surface area contributed by atoms with Crippen molar-refractivity contribution in [1.82, 2.24) is 10.3 Å². The molecule has 1 aliphatic heterocycles. The third-order valence-corrected chi connectivity index (χ3v) is 4.71. The quantitative estimate of drug-likeness (QED) is 0.869. The Morgan fingerprint density at radius 1 is 1.43 bits per heavy atom. The second kappa shape index (κ2) is 6.17. The minimum Gasteiger partial charge on any atom is -0.487 e. The number of ether oxygens (including phenoxy) is 1. The molecule has 1 aromatic heterocycles. The summed E-state index contributed by atoms with van der Waals surface area (Å²) in [5.41, 5.74) is 2.06. The van der Waals surface area contributed by atoms with Crippen LogP contribution in [-0.2, 0) is 11.2 Å². The molecule has 0 saturated carbocycles. The third kappa shape index (κ3) is 2.85. The number of carbonyl (C=O) groups excluding carboxylic acids is 1. The van der Waals surface area contributed by atoms with Gasteiger partial charge in [-0.15, -0.1) is 0 Å². The first kappa shape index (κ1) is 16.3. The topological polar surface area (TPSA) is 54.1 Å². The lowest BCUT2D eigenvalue weighted by atomic mass is 9.96. The summed E-state index contributed by atoms with van der Waals surface area (Å²) in [4.78, 5) is 15.3. The van der Waals surface area contributed by atoms with Crippen molar-refractivity contribution in [2.24, 2.45) is 0 Å². The molecule has 1 atom stereocenters. The molecule has 1 amide bonds. The van der Waals surface area contributed by atoms with Gasteiger partial charge in [0.25, 0.3) is 6.43 Å². The van der Waals surface area contributed by atoms with Crippen LogP contribution in [-0.4, -0.2) is 30.5 Å². The molecular weight excluding hydrogens is 349 g/mol. The monoisotopic (exact) mass is 362 g/mol. The van der Waals surface area contributed by atoms with Crippen LogP contribution in [0, 0.1) is 0 Å². The summed E-state index contributed by atoms with van der Waals surface area (Å²) in [7, 11) is 0. The molecule has 0 fully saturated rings. The van der Waals surface area contributed by atoms with Crippen LogP contribution in [0.25, 0.3) is 10.9 Å². The SMILES string of the molecule is CC1C(=O)NCCc2[nH]c3c(Cl)c(Cl)cc(OCC(F)F)c3c21. The van der Waals surface area contributed by atoms with E-state index in [0.29, 0.717) is 23.9 Å². The number of amides is 1. The summed E-state index contributed by atoms with van der Waals surface area (Å²) in [6.45, 7) is 1.49. The van der Waals surface area contributed by atoms with E-state index in [1.165, 1.54) is 6.07 Å². The number of nitrogens with one attached hydrogen (secondary N) is 2. The Balaban J connectivity index is 2.25. The molecule has 0 bridgehead atoms. The Labute approximate surface area is 141 Å². The molecular formula is C15H14Cl2F2N2O2. The number of aromatic amines is 1. The molecule has 0 aliphatic carbocycles. The molecule has 1 aliphatic rings. The van der Waals surface area contributed by atoms with Crippen LogP contribution in [0.5, 0.6) is 5.75 Å². The Morgan fingerprint density at radius 3 is 2.87 bits per heavy atom. The lowest BCUT2D eigenvalue weighted by Gasteiger charge is -2.13. The number of fused-ring (bicyclic) bond motifs is 3. The van der Waals surface area contributed by atoms with E-state index in [1.807, 2.05) is 0 Å². The van der Waals surface area contributed by atoms with Crippen molar-refractivity contribution >= 4 is 40.0 Å². The van der Waals surface area contributed by atoms with Crippen molar-refractivity contribution in [2.45, 2.75) is 25.7 Å². The molecule has 0 spiro atoms. The molecule has 3 rings (SSSR count). The first-order chi connectivity index (χ1) is 10.9. The number of rotatable bonds is 3. The van der Waals surface area contributed by atoms with Crippen LogP contribution < -0.4 is 10.1 Å². The minimum absolute atomic E-state index is 0.129. The van der Waals surface area contributed by atoms with Gasteiger partial charge >= 0.3 is 0 Å². The number of hydrogen-bond donors (Lipinski definition) is 2. The van der Waals surface area contributed by atoms with E-state index >= 15 is 0 Å². The van der Waals surface area contributed by atoms with Crippen molar-refractivity contribution < 1.29 is 18.3 Å². The normalized spacial score (nSPS) is 18.0. The summed E-state index contributed by atoms with van der Waals surface area (Å²) in [6.07, 6.45) is -2.03. The van der Waals surface area contributed by atoms with E-state index in [-0.39, 0.29) is 21.7 Å². The zero-order chi connectivity index (χ0) is 16.7. The lowest BCUT2D eigenvalue weighted by molar-refractivity contribution is -0.121. The fraction of sp³-hybridized carbons (Fsp3) is 0.400. The lowest BCUT2D eigenvalue weighted by Crippen LogP contribution is -2.26. The first-order valence-electron chi connectivity index (χ1n) is 7.11. The smallest absolute Gasteiger partial charge is 0.272 e. The van der Waals surface area contributed by atoms with Crippen LogP contribution in [0.3, 0.4) is 0 Å². The molecule has 2 aromatic rings. The van der Waals surface area contributed by atoms with Crippen LogP contribution in [0.2, 0.25) is 10.0 Å². The van der Waals surface area contributed by atoms with Crippen LogP contribution in [0.15, 0.2) is 6.07 Å². The molecule has 23 heavy (non-hydrogen) atoms. The number of carbonyl (C=O) groups is 1. The highest BCUT2D eigenvalue weighted by molar-refractivity contribution is 6.45. The van der Waals surface area contributed by atoms with Gasteiger partial charge in [-0.05, 0) is 12.5 Å². The first-order valence-corrected chi connectivity index (χ1v) is 7.86. The van der Waals surface area contributed by atoms with Gasteiger partial charge in [-0.2, -0.15) is 0 Å². The zero-order valence-corrected chi connectivity index (χ0v) is 13.7. The van der Waals surface area contributed by atoms with E-state index in [9.17, 15) is 13.6 Å². The summed E-state index contributed by atoms with van der Waals surface area (Å²) >= 11 is 12.3. The highest BCUT2D eigenvalue weighted by Gasteiger charge is 2.29. The van der Waals surface area contributed by atoms with Gasteiger partial charge in [-0.25, -0.2) is 8.78 Å². The largest absolute Gasteiger partial charge is 0.487 e. The minimum atomic E-state index is -2.61. The number of aromatic nitrogens is 1. The van der Waals surface area contributed by atoms with Crippen LogP contribution in [0.1, 0.15) is 24.1 Å². The van der Waals surface area contributed by atoms with Gasteiger partial charge in [0.1, 0.15) is 12.4 Å². The Hall–Kier alpha value is -1.53. The van der Waals surface area contributed by atoms with Gasteiger partial charge in [0.05, 0.1) is 21.5 Å². The van der Waals surface area contributed by atoms with Gasteiger partial charge < -0.3 is 15.0 Å². The number of H-pyrrole nitrogens is 1. The fourth-order valence-electron chi connectivity index (χ4n) is 2.89. The molecule has 1 aromatic carbocycles. The molecule has 0 saturated heterocycles. The summed E-state index contributed by atoms with van der Waals surface area (Å²) in [6, 6.07) is 1.41. The van der Waals surface area contributed by atoms with E-state index < -0.39 is 19.0 Å². The maximum atomic E-state index is 12.5. The highest BCUT2D eigenvalue weighted by Crippen LogP contribution is 2.43. The second-order valence-corrected chi connectivity index (χ2v) is 6.19. The van der Waals surface area contributed by atoms with Crippen molar-refractivity contribution in [3.8, 4) is 5.75 Å². The van der Waals surface area contributed by atoms with E-state index in [2.05, 4.69) is 10.3 Å². The standard InChI is InChI=1S/C15H14Cl2F2N2O2/c1-6-11-8(2-3-20-15(6)22)21-14-12(11)9(23-5-10(18)19)4-7(16)13(14)17/h4,6,10,21H,2-3,5H2,1H3,(H,20,22). The summed E-state index contributed by atoms with van der Waals surface area (Å²) < 4.78 is 30.2. The summed E-state index contributed by atoms with van der Waals surface area (Å²) in [5, 5.41) is 3.84. The van der Waals surface area contributed by atoms with Crippen molar-refractivity contribution in [1.29, 1.82) is 0 Å². The van der Waals surface area contributed by atoms with Gasteiger partial charge in [0.2, 0.25) is 5.91 Å². The molecule has 124 valence electrons. The molecule has 4 nitrogen and oxygen atoms in total. The Bertz CT molecular complexity index is 777. The predicted molar refractivity (Wildman–Crippen MR) is 84.9 cm³/mol. The number of benzene rings is 1. The van der Waals surface area contributed by atoms with Crippen molar-refractivity contribution in [3.63, 3.8) is 0 Å².